The summed E-state index contributed by atoms with van der Waals surface area (Å²) in [4.78, 5) is 27.1. The lowest BCUT2D eigenvalue weighted by molar-refractivity contribution is -0.886. The van der Waals surface area contributed by atoms with Gasteiger partial charge in [-0.1, -0.05) is 42.5 Å². The molecule has 0 radical (unpaired) electrons. The number of alkyl halides is 3. The van der Waals surface area contributed by atoms with Crippen molar-refractivity contribution in [1.82, 2.24) is 4.90 Å². The second-order valence-corrected chi connectivity index (χ2v) is 7.02. The Kier molecular flexibility index (Phi) is 7.39. The molecule has 2 atom stereocenters. The monoisotopic (exact) mass is 408 g/mol. The summed E-state index contributed by atoms with van der Waals surface area (Å²) in [5, 5.41) is 2.31. The number of nitrogens with one attached hydrogen (secondary N) is 2. The first-order valence-electron chi connectivity index (χ1n) is 9.17. The van der Waals surface area contributed by atoms with Gasteiger partial charge < -0.3 is 15.1 Å². The molecule has 0 aliphatic rings. The molecule has 2 amide bonds. The van der Waals surface area contributed by atoms with Crippen LogP contribution in [0.5, 0.6) is 0 Å². The molecule has 5 nitrogen and oxygen atoms in total. The number of likely N-dealkylation sites (N-methyl/N-ethyl adjacent to an activating group) is 2. The summed E-state index contributed by atoms with van der Waals surface area (Å²) in [6.07, 6.45) is -4.56. The van der Waals surface area contributed by atoms with Gasteiger partial charge in [-0.05, 0) is 24.6 Å². The Morgan fingerprint density at radius 1 is 1.07 bits per heavy atom. The smallest absolute Gasteiger partial charge is 0.336 e. The van der Waals surface area contributed by atoms with Crippen LogP contribution in [0.25, 0.3) is 0 Å². The van der Waals surface area contributed by atoms with E-state index in [4.69, 9.17) is 0 Å². The van der Waals surface area contributed by atoms with Crippen molar-refractivity contribution in [2.45, 2.75) is 25.7 Å². The molecule has 1 unspecified atom stereocenters. The molecule has 29 heavy (non-hydrogen) atoms. The van der Waals surface area contributed by atoms with Crippen molar-refractivity contribution in [3.8, 4) is 0 Å². The fourth-order valence-corrected chi connectivity index (χ4v) is 2.92. The largest absolute Gasteiger partial charge is 0.418 e. The van der Waals surface area contributed by atoms with Crippen molar-refractivity contribution >= 4 is 17.5 Å². The zero-order valence-corrected chi connectivity index (χ0v) is 16.6. The Morgan fingerprint density at radius 3 is 2.28 bits per heavy atom. The SMILES string of the molecule is C[C@@H](C(=O)N(C)Cc1ccccc1)[NH+](C)CC(=O)Nc1ccccc1C(F)(F)F. The Hall–Kier alpha value is -2.87. The van der Waals surface area contributed by atoms with Gasteiger partial charge in [0.1, 0.15) is 0 Å². The van der Waals surface area contributed by atoms with E-state index in [0.29, 0.717) is 11.4 Å². The summed E-state index contributed by atoms with van der Waals surface area (Å²) in [5.41, 5.74) is -0.217. The van der Waals surface area contributed by atoms with E-state index in [0.717, 1.165) is 11.6 Å². The zero-order valence-electron chi connectivity index (χ0n) is 16.6. The third-order valence-corrected chi connectivity index (χ3v) is 4.69. The minimum absolute atomic E-state index is 0.141. The van der Waals surface area contributed by atoms with Crippen LogP contribution in [0.1, 0.15) is 18.1 Å². The molecule has 8 heteroatoms. The van der Waals surface area contributed by atoms with Crippen LogP contribution in [0.3, 0.4) is 0 Å². The normalized spacial score (nSPS) is 13.4. The summed E-state index contributed by atoms with van der Waals surface area (Å²) in [6.45, 7) is 1.98. The summed E-state index contributed by atoms with van der Waals surface area (Å²) < 4.78 is 39.2. The molecule has 0 saturated heterocycles. The van der Waals surface area contributed by atoms with E-state index in [1.165, 1.54) is 18.2 Å². The number of amides is 2. The lowest BCUT2D eigenvalue weighted by Gasteiger charge is -2.25. The first kappa shape index (κ1) is 22.4. The summed E-state index contributed by atoms with van der Waals surface area (Å²) in [6, 6.07) is 13.8. The van der Waals surface area contributed by atoms with Crippen LogP contribution in [-0.2, 0) is 22.3 Å². The summed E-state index contributed by atoms with van der Waals surface area (Å²) in [5.74, 6) is -0.751. The lowest BCUT2D eigenvalue weighted by Crippen LogP contribution is -3.15. The number of rotatable bonds is 7. The molecule has 0 spiro atoms. The summed E-state index contributed by atoms with van der Waals surface area (Å²) in [7, 11) is 3.34. The number of benzene rings is 2. The Labute approximate surface area is 168 Å². The molecule has 2 aromatic carbocycles. The molecule has 2 N–H and O–H groups in total. The third kappa shape index (κ3) is 6.32. The number of nitrogens with zero attached hydrogens (tertiary/aromatic N) is 1. The van der Waals surface area contributed by atoms with Crippen LogP contribution in [0.15, 0.2) is 54.6 Å². The van der Waals surface area contributed by atoms with Crippen LogP contribution in [0.4, 0.5) is 18.9 Å². The minimum atomic E-state index is -4.56. The van der Waals surface area contributed by atoms with Gasteiger partial charge in [-0.3, -0.25) is 9.59 Å². The van der Waals surface area contributed by atoms with Gasteiger partial charge in [0.05, 0.1) is 18.3 Å². The number of hydrogen-bond acceptors (Lipinski definition) is 2. The topological polar surface area (TPSA) is 53.9 Å². The van der Waals surface area contributed by atoms with E-state index in [-0.39, 0.29) is 18.1 Å². The molecular weight excluding hydrogens is 383 g/mol. The standard InChI is InChI=1S/C21H24F3N3O2/c1-15(20(29)27(3)13-16-9-5-4-6-10-16)26(2)14-19(28)25-18-12-8-7-11-17(18)21(22,23)24/h4-12,15H,13-14H2,1-3H3,(H,25,28)/p+1/t15-/m0/s1. The molecule has 0 heterocycles. The molecule has 2 rings (SSSR count). The fourth-order valence-electron chi connectivity index (χ4n) is 2.92. The number of carbonyl (C=O) groups is 2. The van der Waals surface area contributed by atoms with Crippen molar-refractivity contribution in [2.24, 2.45) is 0 Å². The maximum absolute atomic E-state index is 13.1. The first-order chi connectivity index (χ1) is 13.6. The van der Waals surface area contributed by atoms with Crippen molar-refractivity contribution in [1.29, 1.82) is 0 Å². The molecule has 0 aliphatic carbocycles. The lowest BCUT2D eigenvalue weighted by atomic mass is 10.1. The molecular formula is C21H25F3N3O2+. The highest BCUT2D eigenvalue weighted by Crippen LogP contribution is 2.34. The highest BCUT2D eigenvalue weighted by atomic mass is 19.4. The average molecular weight is 408 g/mol. The number of para-hydroxylation sites is 1. The molecule has 0 aliphatic heterocycles. The number of anilines is 1. The van der Waals surface area contributed by atoms with Crippen molar-refractivity contribution in [3.05, 3.63) is 65.7 Å². The first-order valence-corrected chi connectivity index (χ1v) is 9.17. The highest BCUT2D eigenvalue weighted by molar-refractivity contribution is 5.92. The van der Waals surface area contributed by atoms with Gasteiger partial charge in [0.2, 0.25) is 0 Å². The molecule has 0 fully saturated rings. The van der Waals surface area contributed by atoms with E-state index in [2.05, 4.69) is 5.32 Å². The van der Waals surface area contributed by atoms with Crippen molar-refractivity contribution < 1.29 is 27.7 Å². The van der Waals surface area contributed by atoms with Gasteiger partial charge in [0.15, 0.2) is 12.6 Å². The molecule has 156 valence electrons. The number of carbonyl (C=O) groups excluding carboxylic acids is 2. The van der Waals surface area contributed by atoms with Gasteiger partial charge in [-0.15, -0.1) is 0 Å². The quantitative estimate of drug-likeness (QED) is 0.738. The van der Waals surface area contributed by atoms with Gasteiger partial charge in [-0.2, -0.15) is 13.2 Å². The number of halogens is 3. The number of quaternary nitrogens is 1. The van der Waals surface area contributed by atoms with E-state index in [1.807, 2.05) is 30.3 Å². The van der Waals surface area contributed by atoms with Gasteiger partial charge in [0.25, 0.3) is 11.8 Å². The van der Waals surface area contributed by atoms with Gasteiger partial charge in [-0.25, -0.2) is 0 Å². The maximum Gasteiger partial charge on any atom is 0.418 e. The Morgan fingerprint density at radius 2 is 1.66 bits per heavy atom. The van der Waals surface area contributed by atoms with E-state index < -0.39 is 23.7 Å². The van der Waals surface area contributed by atoms with Crippen LogP contribution in [0.2, 0.25) is 0 Å². The van der Waals surface area contributed by atoms with Crippen LogP contribution >= 0.6 is 0 Å². The van der Waals surface area contributed by atoms with Crippen molar-refractivity contribution in [2.75, 3.05) is 26.0 Å². The van der Waals surface area contributed by atoms with Gasteiger partial charge >= 0.3 is 6.18 Å². The molecule has 0 bridgehead atoms. The Balaban J connectivity index is 1.96. The molecule has 0 aromatic heterocycles. The highest BCUT2D eigenvalue weighted by Gasteiger charge is 2.34. The Bertz CT molecular complexity index is 841. The van der Waals surface area contributed by atoms with Crippen molar-refractivity contribution in [3.63, 3.8) is 0 Å². The van der Waals surface area contributed by atoms with Crippen LogP contribution in [-0.4, -0.2) is 43.4 Å². The second-order valence-electron chi connectivity index (χ2n) is 7.02. The maximum atomic E-state index is 13.1. The van der Waals surface area contributed by atoms with Gasteiger partial charge in [0, 0.05) is 13.6 Å². The molecule has 2 aromatic rings. The number of hydrogen-bond donors (Lipinski definition) is 2. The van der Waals surface area contributed by atoms with Crippen LogP contribution < -0.4 is 10.2 Å². The van der Waals surface area contributed by atoms with E-state index >= 15 is 0 Å². The average Bonchev–Trinajstić information content (AvgIpc) is 2.67. The predicted octanol–water partition coefficient (Wildman–Crippen LogP) is 2.21. The van der Waals surface area contributed by atoms with Crippen LogP contribution in [0, 0.1) is 0 Å². The van der Waals surface area contributed by atoms with E-state index in [1.54, 1.807) is 25.9 Å². The zero-order chi connectivity index (χ0) is 21.6. The predicted molar refractivity (Wildman–Crippen MR) is 104 cm³/mol. The molecule has 0 saturated carbocycles. The second kappa shape index (κ2) is 9.56. The third-order valence-electron chi connectivity index (χ3n) is 4.69. The summed E-state index contributed by atoms with van der Waals surface area (Å²) >= 11 is 0. The fraction of sp³-hybridized carbons (Fsp3) is 0.333. The van der Waals surface area contributed by atoms with E-state index in [9.17, 15) is 22.8 Å². The minimum Gasteiger partial charge on any atom is -0.336 e.